The quantitative estimate of drug-likeness (QED) is 0.680. The lowest BCUT2D eigenvalue weighted by atomic mass is 9.81. The molecule has 1 aliphatic rings. The minimum atomic E-state index is -1.85. The van der Waals surface area contributed by atoms with Gasteiger partial charge in [-0.1, -0.05) is 6.08 Å². The van der Waals surface area contributed by atoms with E-state index in [0.717, 1.165) is 6.08 Å². The number of carboxylic acids is 2. The highest BCUT2D eigenvalue weighted by molar-refractivity contribution is 6.01. The molecule has 0 bridgehead atoms. The largest absolute Gasteiger partial charge is 0.494 e. The van der Waals surface area contributed by atoms with Gasteiger partial charge in [0.05, 0.1) is 6.61 Å². The van der Waals surface area contributed by atoms with Crippen molar-refractivity contribution in [2.24, 2.45) is 5.41 Å². The molecule has 0 aromatic carbocycles. The van der Waals surface area contributed by atoms with Crippen molar-refractivity contribution in [1.82, 2.24) is 0 Å². The average Bonchev–Trinajstić information content (AvgIpc) is 2.18. The molecule has 0 aromatic rings. The third kappa shape index (κ3) is 2.01. The Labute approximate surface area is 86.7 Å². The number of allylic oxidation sites excluding steroid dienone is 2. The predicted octanol–water partition coefficient (Wildman–Crippen LogP) is 1.02. The predicted molar refractivity (Wildman–Crippen MR) is 51.2 cm³/mol. The van der Waals surface area contributed by atoms with Crippen molar-refractivity contribution in [1.29, 1.82) is 0 Å². The molecule has 0 fully saturated rings. The van der Waals surface area contributed by atoms with Crippen molar-refractivity contribution in [3.63, 3.8) is 0 Å². The summed E-state index contributed by atoms with van der Waals surface area (Å²) >= 11 is 0. The van der Waals surface area contributed by atoms with Crippen LogP contribution in [0.5, 0.6) is 0 Å². The van der Waals surface area contributed by atoms with Gasteiger partial charge in [0.25, 0.3) is 0 Å². The van der Waals surface area contributed by atoms with Gasteiger partial charge in [0.15, 0.2) is 5.41 Å². The monoisotopic (exact) mass is 212 g/mol. The molecule has 5 heteroatoms. The highest BCUT2D eigenvalue weighted by Gasteiger charge is 2.44. The van der Waals surface area contributed by atoms with E-state index in [4.69, 9.17) is 14.9 Å². The van der Waals surface area contributed by atoms with Crippen LogP contribution in [0.3, 0.4) is 0 Å². The molecule has 0 heterocycles. The summed E-state index contributed by atoms with van der Waals surface area (Å²) in [6.07, 6.45) is 3.92. The van der Waals surface area contributed by atoms with Crippen molar-refractivity contribution >= 4 is 11.9 Å². The Morgan fingerprint density at radius 2 is 2.07 bits per heavy atom. The van der Waals surface area contributed by atoms with Crippen LogP contribution in [0.25, 0.3) is 0 Å². The molecular weight excluding hydrogens is 200 g/mol. The van der Waals surface area contributed by atoms with Crippen molar-refractivity contribution in [3.8, 4) is 0 Å². The molecule has 0 spiro atoms. The number of aliphatic carboxylic acids is 2. The molecule has 0 radical (unpaired) electrons. The molecule has 0 unspecified atom stereocenters. The zero-order valence-corrected chi connectivity index (χ0v) is 8.27. The van der Waals surface area contributed by atoms with Crippen LogP contribution in [0.15, 0.2) is 24.0 Å². The Morgan fingerprint density at radius 3 is 2.40 bits per heavy atom. The molecule has 0 aromatic heterocycles. The molecule has 5 nitrogen and oxygen atoms in total. The van der Waals surface area contributed by atoms with Gasteiger partial charge in [-0.3, -0.25) is 9.59 Å². The maximum Gasteiger partial charge on any atom is 0.325 e. The summed E-state index contributed by atoms with van der Waals surface area (Å²) in [5, 5.41) is 17.7. The highest BCUT2D eigenvalue weighted by Crippen LogP contribution is 2.30. The van der Waals surface area contributed by atoms with Crippen molar-refractivity contribution in [2.45, 2.75) is 13.3 Å². The van der Waals surface area contributed by atoms with Crippen molar-refractivity contribution in [3.05, 3.63) is 24.0 Å². The molecule has 1 aliphatic carbocycles. The van der Waals surface area contributed by atoms with Gasteiger partial charge in [-0.25, -0.2) is 0 Å². The molecule has 15 heavy (non-hydrogen) atoms. The van der Waals surface area contributed by atoms with Crippen LogP contribution in [0.1, 0.15) is 13.3 Å². The first-order valence-electron chi connectivity index (χ1n) is 4.52. The van der Waals surface area contributed by atoms with E-state index in [1.807, 2.05) is 0 Å². The summed E-state index contributed by atoms with van der Waals surface area (Å²) in [4.78, 5) is 21.8. The van der Waals surface area contributed by atoms with E-state index >= 15 is 0 Å². The number of carbonyl (C=O) groups is 2. The second-order valence-electron chi connectivity index (χ2n) is 3.16. The summed E-state index contributed by atoms with van der Waals surface area (Å²) < 4.78 is 5.12. The molecule has 0 saturated heterocycles. The fraction of sp³-hybridized carbons (Fsp3) is 0.400. The maximum absolute atomic E-state index is 10.9. The first-order valence-corrected chi connectivity index (χ1v) is 4.52. The van der Waals surface area contributed by atoms with E-state index in [9.17, 15) is 9.59 Å². The van der Waals surface area contributed by atoms with Gasteiger partial charge in [-0.2, -0.15) is 0 Å². The van der Waals surface area contributed by atoms with Gasteiger partial charge >= 0.3 is 11.9 Å². The number of hydrogen-bond donors (Lipinski definition) is 2. The van der Waals surface area contributed by atoms with Crippen LogP contribution in [0.2, 0.25) is 0 Å². The first-order chi connectivity index (χ1) is 7.03. The smallest absolute Gasteiger partial charge is 0.325 e. The minimum absolute atomic E-state index is 0.0938. The van der Waals surface area contributed by atoms with Crippen molar-refractivity contribution in [2.75, 3.05) is 6.61 Å². The number of carboxylic acid groups (broad SMARTS) is 2. The Balaban J connectivity index is 2.89. The summed E-state index contributed by atoms with van der Waals surface area (Å²) in [7, 11) is 0. The first kappa shape index (κ1) is 11.3. The van der Waals surface area contributed by atoms with Gasteiger partial charge in [0, 0.05) is 0 Å². The standard InChI is InChI=1S/C10H12O5/c1-2-15-7-3-5-10(6-4-7,8(11)12)9(13)14/h3-5H,2,6H2,1H3,(H,11,12)(H,13,14). The third-order valence-corrected chi connectivity index (χ3v) is 2.23. The fourth-order valence-electron chi connectivity index (χ4n) is 1.30. The number of rotatable bonds is 4. The SMILES string of the molecule is CCOC1=CCC(C(=O)O)(C(=O)O)C=C1. The van der Waals surface area contributed by atoms with Crippen LogP contribution >= 0.6 is 0 Å². The molecule has 0 atom stereocenters. The Hall–Kier alpha value is -1.78. The number of hydrogen-bond acceptors (Lipinski definition) is 3. The molecular formula is C10H12O5. The molecule has 1 rings (SSSR count). The van der Waals surface area contributed by atoms with E-state index in [-0.39, 0.29) is 6.42 Å². The minimum Gasteiger partial charge on any atom is -0.494 e. The van der Waals surface area contributed by atoms with Gasteiger partial charge in [0.1, 0.15) is 5.76 Å². The molecule has 0 aliphatic heterocycles. The van der Waals surface area contributed by atoms with Crippen LogP contribution in [-0.2, 0) is 14.3 Å². The highest BCUT2D eigenvalue weighted by atomic mass is 16.5. The molecule has 2 N–H and O–H groups in total. The van der Waals surface area contributed by atoms with Crippen LogP contribution in [-0.4, -0.2) is 28.8 Å². The zero-order chi connectivity index (χ0) is 11.5. The van der Waals surface area contributed by atoms with Crippen LogP contribution in [0, 0.1) is 5.41 Å². The van der Waals surface area contributed by atoms with E-state index in [0.29, 0.717) is 12.4 Å². The summed E-state index contributed by atoms with van der Waals surface area (Å²) in [5.74, 6) is -2.22. The van der Waals surface area contributed by atoms with Gasteiger partial charge in [-0.05, 0) is 25.5 Å². The second kappa shape index (κ2) is 4.16. The third-order valence-electron chi connectivity index (χ3n) is 2.23. The van der Waals surface area contributed by atoms with Crippen LogP contribution < -0.4 is 0 Å². The summed E-state index contributed by atoms with van der Waals surface area (Å²) in [6, 6.07) is 0. The lowest BCUT2D eigenvalue weighted by molar-refractivity contribution is -0.160. The van der Waals surface area contributed by atoms with Crippen LogP contribution in [0.4, 0.5) is 0 Å². The Morgan fingerprint density at radius 1 is 1.47 bits per heavy atom. The number of ether oxygens (including phenoxy) is 1. The lowest BCUT2D eigenvalue weighted by Crippen LogP contribution is -2.38. The molecule has 0 saturated carbocycles. The average molecular weight is 212 g/mol. The Bertz CT molecular complexity index is 326. The lowest BCUT2D eigenvalue weighted by Gasteiger charge is -2.22. The summed E-state index contributed by atoms with van der Waals surface area (Å²) in [6.45, 7) is 2.26. The Kier molecular flexibility index (Phi) is 3.14. The van der Waals surface area contributed by atoms with E-state index in [1.54, 1.807) is 6.92 Å². The van der Waals surface area contributed by atoms with Gasteiger partial charge in [-0.15, -0.1) is 0 Å². The van der Waals surface area contributed by atoms with E-state index in [1.165, 1.54) is 12.2 Å². The maximum atomic E-state index is 10.9. The zero-order valence-electron chi connectivity index (χ0n) is 8.27. The fourth-order valence-corrected chi connectivity index (χ4v) is 1.30. The summed E-state index contributed by atoms with van der Waals surface area (Å²) in [5.41, 5.74) is -1.85. The van der Waals surface area contributed by atoms with Gasteiger partial charge in [0.2, 0.25) is 0 Å². The normalized spacial score (nSPS) is 18.1. The van der Waals surface area contributed by atoms with Crippen molar-refractivity contribution < 1.29 is 24.5 Å². The topological polar surface area (TPSA) is 83.8 Å². The molecule has 0 amide bonds. The van der Waals surface area contributed by atoms with E-state index in [2.05, 4.69) is 0 Å². The van der Waals surface area contributed by atoms with E-state index < -0.39 is 17.4 Å². The molecule has 82 valence electrons. The second-order valence-corrected chi connectivity index (χ2v) is 3.16. The van der Waals surface area contributed by atoms with Gasteiger partial charge < -0.3 is 14.9 Å².